The first-order valence-electron chi connectivity index (χ1n) is 6.89. The molecule has 0 amide bonds. The monoisotopic (exact) mass is 249 g/mol. The lowest BCUT2D eigenvalue weighted by Gasteiger charge is -2.23. The van der Waals surface area contributed by atoms with Crippen LogP contribution in [0.5, 0.6) is 5.75 Å². The van der Waals surface area contributed by atoms with E-state index in [9.17, 15) is 9.50 Å². The number of phenols is 1. The van der Waals surface area contributed by atoms with E-state index in [2.05, 4.69) is 5.32 Å². The van der Waals surface area contributed by atoms with Crippen molar-refractivity contribution in [1.29, 1.82) is 0 Å². The van der Waals surface area contributed by atoms with Gasteiger partial charge in [0, 0.05) is 23.7 Å². The summed E-state index contributed by atoms with van der Waals surface area (Å²) in [5.74, 6) is 1.28. The maximum atomic E-state index is 13.8. The first-order valence-corrected chi connectivity index (χ1v) is 6.89. The molecule has 0 radical (unpaired) electrons. The van der Waals surface area contributed by atoms with Gasteiger partial charge in [0.25, 0.3) is 0 Å². The van der Waals surface area contributed by atoms with Crippen LogP contribution >= 0.6 is 0 Å². The van der Waals surface area contributed by atoms with E-state index >= 15 is 0 Å². The number of rotatable bonds is 5. The van der Waals surface area contributed by atoms with Crippen molar-refractivity contribution >= 4 is 0 Å². The summed E-state index contributed by atoms with van der Waals surface area (Å²) in [6.45, 7) is 2.01. The van der Waals surface area contributed by atoms with E-state index in [1.54, 1.807) is 12.1 Å². The van der Waals surface area contributed by atoms with Gasteiger partial charge in [-0.25, -0.2) is 4.39 Å². The molecule has 0 spiro atoms. The molecule has 2 nitrogen and oxygen atoms in total. The largest absolute Gasteiger partial charge is 0.508 e. The summed E-state index contributed by atoms with van der Waals surface area (Å²) in [4.78, 5) is 0. The summed E-state index contributed by atoms with van der Waals surface area (Å²) in [6.07, 6.45) is 5.27. The van der Waals surface area contributed by atoms with Crippen LogP contribution in [0, 0.1) is 17.7 Å². The van der Waals surface area contributed by atoms with Crippen molar-refractivity contribution in [2.24, 2.45) is 11.8 Å². The molecule has 2 saturated carbocycles. The Morgan fingerprint density at radius 2 is 1.83 bits per heavy atom. The lowest BCUT2D eigenvalue weighted by atomic mass is 10.0. The van der Waals surface area contributed by atoms with E-state index in [0.29, 0.717) is 11.6 Å². The molecule has 0 aromatic heterocycles. The molecule has 98 valence electrons. The number of hydrogen-bond acceptors (Lipinski definition) is 2. The Morgan fingerprint density at radius 3 is 2.33 bits per heavy atom. The predicted molar refractivity (Wildman–Crippen MR) is 68.9 cm³/mol. The van der Waals surface area contributed by atoms with Gasteiger partial charge in [-0.1, -0.05) is 6.07 Å². The highest BCUT2D eigenvalue weighted by molar-refractivity contribution is 5.29. The standard InChI is InChI=1S/C15H20FNO/c1-9(13-7-6-12(18)8-14(13)16)17-15(10-2-3-10)11-4-5-11/h6-11,15,17-18H,2-5H2,1H3. The molecule has 1 atom stereocenters. The topological polar surface area (TPSA) is 32.3 Å². The van der Waals surface area contributed by atoms with E-state index < -0.39 is 0 Å². The number of halogens is 1. The van der Waals surface area contributed by atoms with Crippen molar-refractivity contribution in [2.75, 3.05) is 0 Å². The summed E-state index contributed by atoms with van der Waals surface area (Å²) >= 11 is 0. The van der Waals surface area contributed by atoms with Crippen LogP contribution in [-0.4, -0.2) is 11.1 Å². The number of aromatic hydroxyl groups is 1. The fraction of sp³-hybridized carbons (Fsp3) is 0.600. The minimum absolute atomic E-state index is 0.00983. The molecule has 0 heterocycles. The second kappa shape index (κ2) is 4.54. The average Bonchev–Trinajstić information content (AvgIpc) is 3.17. The smallest absolute Gasteiger partial charge is 0.131 e. The van der Waals surface area contributed by atoms with Crippen molar-refractivity contribution in [3.63, 3.8) is 0 Å². The lowest BCUT2D eigenvalue weighted by Crippen LogP contribution is -2.35. The van der Waals surface area contributed by atoms with Crippen molar-refractivity contribution in [2.45, 2.75) is 44.7 Å². The van der Waals surface area contributed by atoms with Crippen LogP contribution < -0.4 is 5.32 Å². The van der Waals surface area contributed by atoms with Crippen LogP contribution in [0.3, 0.4) is 0 Å². The molecule has 2 fully saturated rings. The number of hydrogen-bond donors (Lipinski definition) is 2. The second-order valence-corrected chi connectivity index (χ2v) is 5.79. The van der Waals surface area contributed by atoms with Crippen LogP contribution in [0.2, 0.25) is 0 Å². The normalized spacial score (nSPS) is 21.3. The van der Waals surface area contributed by atoms with Gasteiger partial charge in [-0.05, 0) is 50.5 Å². The van der Waals surface area contributed by atoms with E-state index in [1.807, 2.05) is 6.92 Å². The van der Waals surface area contributed by atoms with Gasteiger partial charge in [-0.3, -0.25) is 0 Å². The summed E-state index contributed by atoms with van der Waals surface area (Å²) in [5, 5.41) is 12.8. The zero-order valence-electron chi connectivity index (χ0n) is 10.7. The number of phenolic OH excluding ortho intramolecular Hbond substituents is 1. The summed E-state index contributed by atoms with van der Waals surface area (Å²) < 4.78 is 13.8. The number of nitrogens with one attached hydrogen (secondary N) is 1. The fourth-order valence-corrected chi connectivity index (χ4v) is 2.81. The summed E-state index contributed by atoms with van der Waals surface area (Å²) in [7, 11) is 0. The van der Waals surface area contributed by atoms with Gasteiger partial charge in [0.05, 0.1) is 0 Å². The first kappa shape index (κ1) is 12.0. The molecule has 2 aliphatic rings. The highest BCUT2D eigenvalue weighted by atomic mass is 19.1. The van der Waals surface area contributed by atoms with Crippen molar-refractivity contribution < 1.29 is 9.50 Å². The molecular weight excluding hydrogens is 229 g/mol. The Labute approximate surface area is 107 Å². The van der Waals surface area contributed by atoms with Gasteiger partial charge in [0.2, 0.25) is 0 Å². The minimum Gasteiger partial charge on any atom is -0.508 e. The fourth-order valence-electron chi connectivity index (χ4n) is 2.81. The Kier molecular flexibility index (Phi) is 3.02. The maximum Gasteiger partial charge on any atom is 0.131 e. The molecule has 0 aliphatic heterocycles. The van der Waals surface area contributed by atoms with Crippen molar-refractivity contribution in [3.8, 4) is 5.75 Å². The molecule has 18 heavy (non-hydrogen) atoms. The second-order valence-electron chi connectivity index (χ2n) is 5.79. The number of benzene rings is 1. The molecule has 1 aromatic carbocycles. The molecular formula is C15H20FNO. The maximum absolute atomic E-state index is 13.8. The van der Waals surface area contributed by atoms with E-state index in [4.69, 9.17) is 0 Å². The predicted octanol–water partition coefficient (Wildman–Crippen LogP) is 3.37. The molecule has 2 N–H and O–H groups in total. The summed E-state index contributed by atoms with van der Waals surface area (Å²) in [5.41, 5.74) is 0.652. The van der Waals surface area contributed by atoms with Crippen LogP contribution in [0.1, 0.15) is 44.2 Å². The van der Waals surface area contributed by atoms with Crippen LogP contribution in [-0.2, 0) is 0 Å². The molecule has 0 saturated heterocycles. The molecule has 3 heteroatoms. The van der Waals surface area contributed by atoms with E-state index in [1.165, 1.54) is 31.7 Å². The third-order valence-electron chi connectivity index (χ3n) is 4.15. The third-order valence-corrected chi connectivity index (χ3v) is 4.15. The minimum atomic E-state index is -0.319. The summed E-state index contributed by atoms with van der Waals surface area (Å²) in [6, 6.07) is 5.00. The molecule has 0 bridgehead atoms. The quantitative estimate of drug-likeness (QED) is 0.838. The van der Waals surface area contributed by atoms with Crippen molar-refractivity contribution in [3.05, 3.63) is 29.6 Å². The molecule has 2 aliphatic carbocycles. The zero-order valence-corrected chi connectivity index (χ0v) is 10.7. The van der Waals surface area contributed by atoms with Gasteiger partial charge >= 0.3 is 0 Å². The Hall–Kier alpha value is -1.09. The highest BCUT2D eigenvalue weighted by Crippen LogP contribution is 2.45. The van der Waals surface area contributed by atoms with Gasteiger partial charge in [0.15, 0.2) is 0 Å². The lowest BCUT2D eigenvalue weighted by molar-refractivity contribution is 0.371. The first-order chi connectivity index (χ1) is 8.65. The van der Waals surface area contributed by atoms with Crippen molar-refractivity contribution in [1.82, 2.24) is 5.32 Å². The zero-order chi connectivity index (χ0) is 12.7. The molecule has 3 rings (SSSR count). The van der Waals surface area contributed by atoms with Crippen LogP contribution in [0.15, 0.2) is 18.2 Å². The van der Waals surface area contributed by atoms with Crippen LogP contribution in [0.25, 0.3) is 0 Å². The van der Waals surface area contributed by atoms with E-state index in [-0.39, 0.29) is 17.6 Å². The van der Waals surface area contributed by atoms with E-state index in [0.717, 1.165) is 11.8 Å². The van der Waals surface area contributed by atoms with Gasteiger partial charge in [-0.15, -0.1) is 0 Å². The van der Waals surface area contributed by atoms with Gasteiger partial charge in [-0.2, -0.15) is 0 Å². The van der Waals surface area contributed by atoms with Gasteiger partial charge < -0.3 is 10.4 Å². The highest BCUT2D eigenvalue weighted by Gasteiger charge is 2.41. The Morgan fingerprint density at radius 1 is 1.22 bits per heavy atom. The third kappa shape index (κ3) is 2.51. The average molecular weight is 249 g/mol. The Balaban J connectivity index is 1.70. The Bertz CT molecular complexity index is 428. The molecule has 1 unspecified atom stereocenters. The van der Waals surface area contributed by atoms with Gasteiger partial charge in [0.1, 0.15) is 11.6 Å². The molecule has 1 aromatic rings. The SMILES string of the molecule is CC(NC(C1CC1)C1CC1)c1ccc(O)cc1F. The van der Waals surface area contributed by atoms with Crippen LogP contribution in [0.4, 0.5) is 4.39 Å².